The number of carbonyl (C=O) groups is 10. The maximum absolute atomic E-state index is 13.5. The minimum Gasteiger partial charge on any atom is -0.461 e. The number of hydrogen-bond acceptors (Lipinski definition) is 22. The van der Waals surface area contributed by atoms with E-state index >= 15 is 0 Å². The minimum atomic E-state index is -1.36. The summed E-state index contributed by atoms with van der Waals surface area (Å²) in [5.41, 5.74) is 8.27. The van der Waals surface area contributed by atoms with Gasteiger partial charge in [0.2, 0.25) is 0 Å². The normalized spacial score (nSPS) is 11.0. The molecule has 0 bridgehead atoms. The molecule has 7 N–H and O–H groups in total. The summed E-state index contributed by atoms with van der Waals surface area (Å²) >= 11 is 0. The monoisotopic (exact) mass is 1310 g/mol. The second-order valence-corrected chi connectivity index (χ2v) is 20.9. The van der Waals surface area contributed by atoms with Crippen molar-refractivity contribution in [2.75, 3.05) is 92.1 Å². The molecule has 29 heteroatoms. The number of nitrogens with zero attached hydrogens (tertiary/aromatic N) is 2. The van der Waals surface area contributed by atoms with E-state index in [-0.39, 0.29) is 36.3 Å². The first-order valence-electron chi connectivity index (χ1n) is 28.9. The smallest absolute Gasteiger partial charge is 0.412 e. The van der Waals surface area contributed by atoms with Crippen LogP contribution in [-0.2, 0) is 81.0 Å². The fourth-order valence-corrected chi connectivity index (χ4v) is 8.36. The predicted octanol–water partition coefficient (Wildman–Crippen LogP) is 11.8. The van der Waals surface area contributed by atoms with Crippen molar-refractivity contribution in [1.29, 1.82) is 0 Å². The van der Waals surface area contributed by atoms with Crippen LogP contribution in [0.15, 0.2) is 119 Å². The zero-order valence-electron chi connectivity index (χ0n) is 53.6. The Balaban J connectivity index is 1.09. The molecule has 2 unspecified atom stereocenters. The Kier molecular flexibility index (Phi) is 27.0. The Morgan fingerprint density at radius 1 is 0.347 bits per heavy atom. The van der Waals surface area contributed by atoms with Crippen molar-refractivity contribution in [2.24, 2.45) is 9.98 Å². The number of ether oxygens (including phenoxy) is 10. The summed E-state index contributed by atoms with van der Waals surface area (Å²) in [4.78, 5) is 136. The summed E-state index contributed by atoms with van der Waals surface area (Å²) < 4.78 is 51.9. The molecule has 500 valence electrons. The topological polar surface area (TPSA) is 372 Å². The molecular formula is C66H71N9O20. The second kappa shape index (κ2) is 35.6. The number of esters is 3. The summed E-state index contributed by atoms with van der Waals surface area (Å²) in [5.74, 6) is -2.23. The van der Waals surface area contributed by atoms with Crippen molar-refractivity contribution < 1.29 is 95.3 Å². The molecule has 2 atom stereocenters. The first kappa shape index (κ1) is 72.1. The van der Waals surface area contributed by atoms with E-state index in [2.05, 4.69) is 72.2 Å². The fraction of sp³-hybridized carbons (Fsp3) is 0.288. The quantitative estimate of drug-likeness (QED) is 0.0159. The molecule has 0 saturated carbocycles. The molecule has 95 heavy (non-hydrogen) atoms. The van der Waals surface area contributed by atoms with Crippen LogP contribution in [0.3, 0.4) is 0 Å². The standard InChI is InChI=1S/C66H71N9O20/c1-37-13-19-46(27-45(37)28-59(78)92-33-50(94-65(84)69-48-21-15-41(5)55(30-48)73-62(81)88-9)32-90-57(76)25-43-17-11-38(2)52(23-43)71-60(79)86-7)67-36-68-47-20-14-40(4)54(29-47)75-64(83)93-35-51(95-66(85)70-49-22-16-42(6)56(31-49)74-63(82)89-10)34-91-58(77)26-44-18-12-39(3)53(24-44)72-61(80)87-8/h11-24,27,29-31,50-51H,25-26,28,32-35H2,1-10H3,(H,69,84)(H,70,85)(H,71,79)(H,72,80)(H,73,81)(H,74,82)(H,75,83). The highest BCUT2D eigenvalue weighted by atomic mass is 16.6. The van der Waals surface area contributed by atoms with Gasteiger partial charge in [-0.25, -0.2) is 33.6 Å². The average Bonchev–Trinajstić information content (AvgIpc) is 1.45. The average molecular weight is 1310 g/mol. The Bertz CT molecular complexity index is 3660. The summed E-state index contributed by atoms with van der Waals surface area (Å²) in [5, 5.41) is 17.9. The SMILES string of the molecule is COC(=O)Nc1cc(CC(=O)OCC(COC(=O)Cc2cc(N=C=Nc3ccc(C)c(NC(=O)OCC(COC(=O)Cc4ccc(C)c(NC(=O)OC)c4)OC(=O)Nc4ccc(C)c(NC(=O)OC)c4)c3)ccc2C)OC(=O)Nc2ccc(C)c(NC(=O)OC)c2)ccc1C. The number of carbonyl (C=O) groups excluding carboxylic acids is 10. The van der Waals surface area contributed by atoms with Crippen molar-refractivity contribution in [3.63, 3.8) is 0 Å². The van der Waals surface area contributed by atoms with Crippen LogP contribution in [-0.4, -0.2) is 134 Å². The molecule has 0 aromatic heterocycles. The number of aliphatic imine (C=N–C) groups is 2. The van der Waals surface area contributed by atoms with E-state index in [1.807, 2.05) is 0 Å². The van der Waals surface area contributed by atoms with E-state index in [0.29, 0.717) is 84.2 Å². The van der Waals surface area contributed by atoms with Crippen LogP contribution < -0.4 is 37.2 Å². The third-order valence-corrected chi connectivity index (χ3v) is 13.7. The third kappa shape index (κ3) is 24.0. The van der Waals surface area contributed by atoms with Gasteiger partial charge in [0.1, 0.15) is 32.4 Å². The van der Waals surface area contributed by atoms with Gasteiger partial charge in [0.25, 0.3) is 0 Å². The summed E-state index contributed by atoms with van der Waals surface area (Å²) in [7, 11) is 4.82. The zero-order valence-corrected chi connectivity index (χ0v) is 53.6. The largest absolute Gasteiger partial charge is 0.461 e. The molecule has 0 saturated heterocycles. The summed E-state index contributed by atoms with van der Waals surface area (Å²) in [6, 6.07) is 31.5. The molecule has 0 radical (unpaired) electrons. The van der Waals surface area contributed by atoms with Crippen LogP contribution in [0.5, 0.6) is 0 Å². The Hall–Kier alpha value is -12.0. The lowest BCUT2D eigenvalue weighted by atomic mass is 10.1. The predicted molar refractivity (Wildman–Crippen MR) is 347 cm³/mol. The third-order valence-electron chi connectivity index (χ3n) is 13.7. The Morgan fingerprint density at radius 3 is 1.08 bits per heavy atom. The number of methoxy groups -OCH3 is 4. The lowest BCUT2D eigenvalue weighted by molar-refractivity contribution is -0.151. The van der Waals surface area contributed by atoms with Gasteiger partial charge < -0.3 is 47.4 Å². The molecule has 0 heterocycles. The number of hydrogen-bond donors (Lipinski definition) is 7. The maximum atomic E-state index is 13.5. The minimum absolute atomic E-state index is 0.208. The molecule has 6 aromatic rings. The van der Waals surface area contributed by atoms with Gasteiger partial charge in [0.05, 0.1) is 59.1 Å². The number of nitrogens with one attached hydrogen (secondary N) is 7. The number of amides is 7. The van der Waals surface area contributed by atoms with Crippen molar-refractivity contribution in [2.45, 2.75) is 73.0 Å². The van der Waals surface area contributed by atoms with Crippen molar-refractivity contribution in [3.05, 3.63) is 159 Å². The Labute approximate surface area is 545 Å². The first-order chi connectivity index (χ1) is 45.4. The van der Waals surface area contributed by atoms with Gasteiger partial charge in [-0.15, -0.1) is 0 Å². The molecule has 0 aliphatic carbocycles. The maximum Gasteiger partial charge on any atom is 0.412 e. The van der Waals surface area contributed by atoms with Gasteiger partial charge in [-0.05, 0) is 152 Å². The highest BCUT2D eigenvalue weighted by molar-refractivity contribution is 5.92. The highest BCUT2D eigenvalue weighted by Crippen LogP contribution is 2.27. The molecule has 29 nitrogen and oxygen atoms in total. The summed E-state index contributed by atoms with van der Waals surface area (Å²) in [6.07, 6.45) is -9.37. The molecule has 0 aliphatic heterocycles. The number of anilines is 7. The molecular weight excluding hydrogens is 1240 g/mol. The lowest BCUT2D eigenvalue weighted by Gasteiger charge is -2.19. The molecule has 0 aliphatic rings. The molecule has 6 rings (SSSR count). The molecule has 7 amide bonds. The van der Waals surface area contributed by atoms with Crippen molar-refractivity contribution in [1.82, 2.24) is 0 Å². The van der Waals surface area contributed by atoms with E-state index in [1.54, 1.807) is 133 Å². The molecule has 0 spiro atoms. The van der Waals surface area contributed by atoms with Crippen LogP contribution in [0, 0.1) is 41.5 Å². The van der Waals surface area contributed by atoms with E-state index in [1.165, 1.54) is 46.6 Å². The molecule has 0 fully saturated rings. The van der Waals surface area contributed by atoms with E-state index in [0.717, 1.165) is 0 Å². The summed E-state index contributed by atoms with van der Waals surface area (Å²) in [6.45, 7) is 8.17. The second-order valence-electron chi connectivity index (χ2n) is 20.9. The zero-order chi connectivity index (χ0) is 69.1. The van der Waals surface area contributed by atoms with Gasteiger partial charge in [-0.1, -0.05) is 48.5 Å². The van der Waals surface area contributed by atoms with Crippen LogP contribution in [0.2, 0.25) is 0 Å². The van der Waals surface area contributed by atoms with Crippen LogP contribution in [0.25, 0.3) is 0 Å². The van der Waals surface area contributed by atoms with Crippen LogP contribution in [0.1, 0.15) is 50.1 Å². The fourth-order valence-electron chi connectivity index (χ4n) is 8.36. The number of benzene rings is 6. The van der Waals surface area contributed by atoms with E-state index in [4.69, 9.17) is 28.4 Å². The molecule has 6 aromatic carbocycles. The number of aryl methyl sites for hydroxylation is 6. The van der Waals surface area contributed by atoms with E-state index in [9.17, 15) is 47.9 Å². The van der Waals surface area contributed by atoms with Crippen LogP contribution >= 0.6 is 0 Å². The Morgan fingerprint density at radius 2 is 0.674 bits per heavy atom. The van der Waals surface area contributed by atoms with Crippen LogP contribution in [0.4, 0.5) is 84.7 Å². The number of rotatable bonds is 25. The van der Waals surface area contributed by atoms with Gasteiger partial charge in [-0.3, -0.25) is 51.6 Å². The van der Waals surface area contributed by atoms with Gasteiger partial charge in [-0.2, -0.15) is 9.98 Å². The van der Waals surface area contributed by atoms with Crippen molar-refractivity contribution >= 4 is 118 Å². The van der Waals surface area contributed by atoms with Gasteiger partial charge in [0, 0.05) is 39.8 Å². The van der Waals surface area contributed by atoms with E-state index < -0.39 is 99.2 Å². The van der Waals surface area contributed by atoms with Gasteiger partial charge in [0.15, 0.2) is 12.2 Å². The lowest BCUT2D eigenvalue weighted by Crippen LogP contribution is -2.33. The first-order valence-corrected chi connectivity index (χ1v) is 28.9. The highest BCUT2D eigenvalue weighted by Gasteiger charge is 2.24. The van der Waals surface area contributed by atoms with Gasteiger partial charge >= 0.3 is 60.6 Å². The van der Waals surface area contributed by atoms with Crippen molar-refractivity contribution in [3.8, 4) is 0 Å².